The van der Waals surface area contributed by atoms with Gasteiger partial charge in [0.15, 0.2) is 12.4 Å². The van der Waals surface area contributed by atoms with Gasteiger partial charge >= 0.3 is 11.9 Å². The Balaban J connectivity index is 2.41. The molecule has 0 aliphatic carbocycles. The van der Waals surface area contributed by atoms with Crippen molar-refractivity contribution in [3.05, 3.63) is 12.2 Å². The van der Waals surface area contributed by atoms with Gasteiger partial charge in [0, 0.05) is 12.8 Å². The van der Waals surface area contributed by atoms with Crippen LogP contribution in [-0.2, 0) is 28.5 Å². The highest BCUT2D eigenvalue weighted by molar-refractivity contribution is 5.70. The fourth-order valence-electron chi connectivity index (χ4n) is 5.77. The van der Waals surface area contributed by atoms with E-state index in [0.717, 1.165) is 57.8 Å². The van der Waals surface area contributed by atoms with Crippen LogP contribution in [0.2, 0.25) is 0 Å². The molecule has 1 aliphatic heterocycles. The minimum atomic E-state index is -1.59. The van der Waals surface area contributed by atoms with Crippen molar-refractivity contribution in [2.45, 2.75) is 198 Å². The second-order valence-corrected chi connectivity index (χ2v) is 13.4. The molecule has 0 saturated carbocycles. The third-order valence-corrected chi connectivity index (χ3v) is 8.90. The van der Waals surface area contributed by atoms with Crippen LogP contribution in [0.15, 0.2) is 12.2 Å². The molecule has 6 unspecified atom stereocenters. The highest BCUT2D eigenvalue weighted by Gasteiger charge is 2.44. The lowest BCUT2D eigenvalue weighted by molar-refractivity contribution is -0.305. The molecule has 6 atom stereocenters. The maximum Gasteiger partial charge on any atom is 0.306 e. The van der Waals surface area contributed by atoms with Gasteiger partial charge in [-0.05, 0) is 38.5 Å². The summed E-state index contributed by atoms with van der Waals surface area (Å²) in [4.78, 5) is 25.1. The van der Waals surface area contributed by atoms with Crippen LogP contribution in [0.4, 0.5) is 0 Å². The highest BCUT2D eigenvalue weighted by Crippen LogP contribution is 2.22. The van der Waals surface area contributed by atoms with Crippen LogP contribution in [0, 0.1) is 0 Å². The average Bonchev–Trinajstić information content (AvgIpc) is 3.08. The van der Waals surface area contributed by atoms with Crippen molar-refractivity contribution in [1.29, 1.82) is 0 Å². The first kappa shape index (κ1) is 44.5. The number of aliphatic hydroxyl groups excluding tert-OH is 4. The van der Waals surface area contributed by atoms with Crippen LogP contribution in [0.3, 0.4) is 0 Å². The fraction of sp³-hybridized carbons (Fsp3) is 0.895. The maximum absolute atomic E-state index is 12.7. The zero-order chi connectivity index (χ0) is 35.2. The van der Waals surface area contributed by atoms with Gasteiger partial charge in [-0.3, -0.25) is 9.59 Å². The van der Waals surface area contributed by atoms with Crippen LogP contribution in [0.5, 0.6) is 0 Å². The van der Waals surface area contributed by atoms with Gasteiger partial charge in [0.2, 0.25) is 0 Å². The van der Waals surface area contributed by atoms with E-state index in [9.17, 15) is 30.0 Å². The molecule has 10 heteroatoms. The van der Waals surface area contributed by atoms with E-state index in [0.29, 0.717) is 6.42 Å². The lowest BCUT2D eigenvalue weighted by atomic mass is 9.99. The van der Waals surface area contributed by atoms with E-state index in [-0.39, 0.29) is 32.0 Å². The number of ether oxygens (including phenoxy) is 4. The fourth-order valence-corrected chi connectivity index (χ4v) is 5.77. The Labute approximate surface area is 291 Å². The molecule has 0 spiro atoms. The van der Waals surface area contributed by atoms with E-state index in [1.54, 1.807) is 0 Å². The summed E-state index contributed by atoms with van der Waals surface area (Å²) in [5, 5.41) is 39.9. The molecule has 1 fully saturated rings. The summed E-state index contributed by atoms with van der Waals surface area (Å²) in [5.41, 5.74) is 0. The number of carbonyl (C=O) groups is 2. The van der Waals surface area contributed by atoms with Crippen molar-refractivity contribution >= 4 is 11.9 Å². The topological polar surface area (TPSA) is 152 Å². The molecular formula is C38H70O10. The van der Waals surface area contributed by atoms with E-state index in [2.05, 4.69) is 26.0 Å². The average molecular weight is 687 g/mol. The van der Waals surface area contributed by atoms with E-state index in [1.807, 2.05) is 0 Å². The maximum atomic E-state index is 12.7. The van der Waals surface area contributed by atoms with Crippen molar-refractivity contribution in [3.63, 3.8) is 0 Å². The summed E-state index contributed by atoms with van der Waals surface area (Å²) < 4.78 is 22.0. The summed E-state index contributed by atoms with van der Waals surface area (Å²) in [6, 6.07) is 0. The smallest absolute Gasteiger partial charge is 0.306 e. The van der Waals surface area contributed by atoms with Crippen LogP contribution in [0.25, 0.3) is 0 Å². The molecule has 1 aliphatic rings. The minimum absolute atomic E-state index is 0.216. The standard InChI is InChI=1S/C38H70O10/c1-3-5-7-9-11-13-15-16-17-19-21-23-25-27-34(41)47-31(30-46-38-37(44)36(43)35(42)32(28-39)48-38)29-45-33(40)26-24-22-20-18-14-12-10-8-6-4-2/h13,15,31-32,35-39,42-44H,3-12,14,16-30H2,1-2H3/b15-13-. The predicted molar refractivity (Wildman–Crippen MR) is 187 cm³/mol. The summed E-state index contributed by atoms with van der Waals surface area (Å²) >= 11 is 0. The molecule has 282 valence electrons. The Morgan fingerprint density at radius 1 is 0.625 bits per heavy atom. The zero-order valence-corrected chi connectivity index (χ0v) is 30.2. The Bertz CT molecular complexity index is 804. The van der Waals surface area contributed by atoms with Crippen molar-refractivity contribution in [2.75, 3.05) is 19.8 Å². The molecule has 48 heavy (non-hydrogen) atoms. The number of aliphatic hydroxyl groups is 4. The van der Waals surface area contributed by atoms with Crippen molar-refractivity contribution in [1.82, 2.24) is 0 Å². The molecule has 0 amide bonds. The van der Waals surface area contributed by atoms with Crippen LogP contribution in [-0.4, -0.2) is 89.0 Å². The molecule has 0 aromatic carbocycles. The quantitative estimate of drug-likeness (QED) is 0.0347. The van der Waals surface area contributed by atoms with E-state index in [1.165, 1.54) is 70.6 Å². The summed E-state index contributed by atoms with van der Waals surface area (Å²) in [6.07, 6.45) is 20.8. The molecule has 10 nitrogen and oxygen atoms in total. The Morgan fingerprint density at radius 2 is 1.10 bits per heavy atom. The van der Waals surface area contributed by atoms with Gasteiger partial charge in [0.1, 0.15) is 31.0 Å². The molecule has 0 aromatic rings. The molecule has 0 bridgehead atoms. The number of hydrogen-bond acceptors (Lipinski definition) is 10. The van der Waals surface area contributed by atoms with Crippen LogP contribution < -0.4 is 0 Å². The van der Waals surface area contributed by atoms with Gasteiger partial charge in [-0.2, -0.15) is 0 Å². The molecule has 4 N–H and O–H groups in total. The first-order valence-corrected chi connectivity index (χ1v) is 19.3. The van der Waals surface area contributed by atoms with Gasteiger partial charge in [-0.25, -0.2) is 0 Å². The summed E-state index contributed by atoms with van der Waals surface area (Å²) in [6.45, 7) is 3.37. The Kier molecular flexibility index (Phi) is 28.0. The van der Waals surface area contributed by atoms with Gasteiger partial charge < -0.3 is 39.4 Å². The number of hydrogen-bond donors (Lipinski definition) is 4. The molecule has 0 aromatic heterocycles. The number of carbonyl (C=O) groups excluding carboxylic acids is 2. The van der Waals surface area contributed by atoms with E-state index in [4.69, 9.17) is 18.9 Å². The largest absolute Gasteiger partial charge is 0.462 e. The van der Waals surface area contributed by atoms with Crippen molar-refractivity contribution < 1.29 is 49.0 Å². The van der Waals surface area contributed by atoms with Crippen LogP contribution >= 0.6 is 0 Å². The van der Waals surface area contributed by atoms with Gasteiger partial charge in [0.25, 0.3) is 0 Å². The normalized spacial score (nSPS) is 21.8. The molecule has 1 rings (SSSR count). The van der Waals surface area contributed by atoms with Crippen molar-refractivity contribution in [3.8, 4) is 0 Å². The lowest BCUT2D eigenvalue weighted by Gasteiger charge is -2.39. The third kappa shape index (κ3) is 22.2. The number of unbranched alkanes of at least 4 members (excludes halogenated alkanes) is 18. The predicted octanol–water partition coefficient (Wildman–Crippen LogP) is 6.83. The molecule has 1 saturated heterocycles. The SMILES string of the molecule is CCCCCC/C=C\CCCCCCCC(=O)OC(COC(=O)CCCCCCCCCCCC)COC1OC(CO)C(O)C(O)C1O. The minimum Gasteiger partial charge on any atom is -0.462 e. The lowest BCUT2D eigenvalue weighted by Crippen LogP contribution is -2.59. The number of esters is 2. The summed E-state index contributed by atoms with van der Waals surface area (Å²) in [7, 11) is 0. The van der Waals surface area contributed by atoms with Crippen molar-refractivity contribution in [2.24, 2.45) is 0 Å². The Hall–Kier alpha value is -1.56. The number of allylic oxidation sites excluding steroid dienone is 2. The van der Waals surface area contributed by atoms with E-state index < -0.39 is 49.4 Å². The first-order valence-electron chi connectivity index (χ1n) is 19.3. The second-order valence-electron chi connectivity index (χ2n) is 13.4. The first-order chi connectivity index (χ1) is 23.3. The van der Waals surface area contributed by atoms with Gasteiger partial charge in [-0.15, -0.1) is 0 Å². The number of rotatable bonds is 31. The van der Waals surface area contributed by atoms with Gasteiger partial charge in [0.05, 0.1) is 13.2 Å². The Morgan fingerprint density at radius 3 is 1.65 bits per heavy atom. The highest BCUT2D eigenvalue weighted by atomic mass is 16.7. The molecule has 0 radical (unpaired) electrons. The second kappa shape index (κ2) is 30.3. The van der Waals surface area contributed by atoms with Gasteiger partial charge in [-0.1, -0.05) is 122 Å². The van der Waals surface area contributed by atoms with Crippen LogP contribution in [0.1, 0.15) is 162 Å². The van der Waals surface area contributed by atoms with E-state index >= 15 is 0 Å². The third-order valence-electron chi connectivity index (χ3n) is 8.90. The molecule has 1 heterocycles. The summed E-state index contributed by atoms with van der Waals surface area (Å²) in [5.74, 6) is -0.816. The zero-order valence-electron chi connectivity index (χ0n) is 30.2. The monoisotopic (exact) mass is 686 g/mol. The molecular weight excluding hydrogens is 616 g/mol.